The maximum absolute atomic E-state index is 13.7. The Hall–Kier alpha value is -3.56. The van der Waals surface area contributed by atoms with Crippen LogP contribution in [0.3, 0.4) is 0 Å². The van der Waals surface area contributed by atoms with Crippen LogP contribution in [0.15, 0.2) is 83.8 Å². The zero-order valence-electron chi connectivity index (χ0n) is 19.6. The van der Waals surface area contributed by atoms with Gasteiger partial charge in [0.05, 0.1) is 11.5 Å². The summed E-state index contributed by atoms with van der Waals surface area (Å²) in [6.07, 6.45) is -0.0203. The lowest BCUT2D eigenvalue weighted by molar-refractivity contribution is -0.145. The number of hydrogen-bond donors (Lipinski definition) is 0. The monoisotopic (exact) mass is 476 g/mol. The zero-order valence-corrected chi connectivity index (χ0v) is 20.4. The van der Waals surface area contributed by atoms with Crippen molar-refractivity contribution in [2.45, 2.75) is 36.8 Å². The van der Waals surface area contributed by atoms with Crippen LogP contribution in [-0.4, -0.2) is 32.3 Å². The Morgan fingerprint density at radius 1 is 0.912 bits per heavy atom. The number of benzene rings is 3. The van der Waals surface area contributed by atoms with Crippen LogP contribution in [0.25, 0.3) is 11.1 Å². The van der Waals surface area contributed by atoms with Gasteiger partial charge in [-0.2, -0.15) is 0 Å². The summed E-state index contributed by atoms with van der Waals surface area (Å²) in [6, 6.07) is 23.4. The lowest BCUT2D eigenvalue weighted by Crippen LogP contribution is -2.46. The van der Waals surface area contributed by atoms with Crippen LogP contribution in [0.5, 0.6) is 5.75 Å². The minimum Gasteiger partial charge on any atom is -0.481 e. The topological polar surface area (TPSA) is 69.7 Å². The molecule has 5 nitrogen and oxygen atoms in total. The first-order chi connectivity index (χ1) is 16.3. The van der Waals surface area contributed by atoms with E-state index in [9.17, 15) is 13.2 Å². The van der Waals surface area contributed by atoms with E-state index in [2.05, 4.69) is 11.8 Å². The quantitative estimate of drug-likeness (QED) is 0.318. The molecule has 0 N–H and O–H groups in total. The average molecular weight is 477 g/mol. The normalized spacial score (nSPS) is 12.7. The van der Waals surface area contributed by atoms with Crippen LogP contribution in [-0.2, 0) is 25.8 Å². The molecule has 0 bridgehead atoms. The standard InChI is InChI=1S/C28H28O5S/c1-4-6-20-33-25-16-18-26(19-17-25)34(30,31)28(3,27(29)32-5-2)21-22-12-14-24(15-13-22)23-10-8-7-9-11-23/h7-19H,5,20-21H2,1-3H3. The van der Waals surface area contributed by atoms with Crippen molar-refractivity contribution in [2.24, 2.45) is 0 Å². The van der Waals surface area contributed by atoms with E-state index < -0.39 is 20.6 Å². The van der Waals surface area contributed by atoms with Crippen LogP contribution in [0, 0.1) is 11.8 Å². The molecule has 3 aromatic carbocycles. The highest BCUT2D eigenvalue weighted by atomic mass is 32.2. The molecule has 0 amide bonds. The van der Waals surface area contributed by atoms with E-state index >= 15 is 0 Å². The zero-order chi connectivity index (χ0) is 24.6. The fourth-order valence-electron chi connectivity index (χ4n) is 3.56. The Morgan fingerprint density at radius 3 is 2.12 bits per heavy atom. The molecule has 0 radical (unpaired) electrons. The van der Waals surface area contributed by atoms with Crippen LogP contribution in [0.1, 0.15) is 26.3 Å². The molecule has 0 saturated carbocycles. The fraction of sp³-hybridized carbons (Fsp3) is 0.250. The molecule has 34 heavy (non-hydrogen) atoms. The number of sulfone groups is 1. The largest absolute Gasteiger partial charge is 0.481 e. The molecule has 1 atom stereocenters. The molecule has 0 fully saturated rings. The number of carbonyl (C=O) groups is 1. The summed E-state index contributed by atoms with van der Waals surface area (Å²) in [5.74, 6) is 5.24. The molecule has 1 unspecified atom stereocenters. The van der Waals surface area contributed by atoms with Gasteiger partial charge in [0, 0.05) is 6.42 Å². The maximum Gasteiger partial charge on any atom is 0.327 e. The Labute approximate surface area is 201 Å². The minimum absolute atomic E-state index is 0.0203. The van der Waals surface area contributed by atoms with Gasteiger partial charge in [-0.05, 0) is 61.7 Å². The summed E-state index contributed by atoms with van der Waals surface area (Å²) < 4.78 is 36.2. The van der Waals surface area contributed by atoms with Crippen molar-refractivity contribution < 1.29 is 22.7 Å². The second-order valence-corrected chi connectivity index (χ2v) is 10.3. The molecule has 0 aromatic heterocycles. The summed E-state index contributed by atoms with van der Waals surface area (Å²) >= 11 is 0. The number of hydrogen-bond acceptors (Lipinski definition) is 5. The van der Waals surface area contributed by atoms with E-state index in [1.54, 1.807) is 26.0 Å². The van der Waals surface area contributed by atoms with Gasteiger partial charge in [0.15, 0.2) is 14.6 Å². The van der Waals surface area contributed by atoms with Gasteiger partial charge >= 0.3 is 5.97 Å². The fourth-order valence-corrected chi connectivity index (χ4v) is 5.21. The highest BCUT2D eigenvalue weighted by Crippen LogP contribution is 2.32. The predicted molar refractivity (Wildman–Crippen MR) is 133 cm³/mol. The van der Waals surface area contributed by atoms with Crippen molar-refractivity contribution in [3.05, 3.63) is 84.4 Å². The Kier molecular flexibility index (Phi) is 8.14. The van der Waals surface area contributed by atoms with Gasteiger partial charge in [-0.25, -0.2) is 8.42 Å². The summed E-state index contributed by atoms with van der Waals surface area (Å²) in [5, 5.41) is 0. The molecule has 0 saturated heterocycles. The first-order valence-electron chi connectivity index (χ1n) is 11.0. The van der Waals surface area contributed by atoms with Gasteiger partial charge in [0.25, 0.3) is 0 Å². The number of carbonyl (C=O) groups excluding carboxylic acids is 1. The third-order valence-electron chi connectivity index (χ3n) is 5.52. The smallest absolute Gasteiger partial charge is 0.327 e. The van der Waals surface area contributed by atoms with Crippen molar-refractivity contribution in [3.63, 3.8) is 0 Å². The third-order valence-corrected chi connectivity index (χ3v) is 7.91. The lowest BCUT2D eigenvalue weighted by Gasteiger charge is -2.27. The van der Waals surface area contributed by atoms with Crippen molar-refractivity contribution in [3.8, 4) is 28.7 Å². The molecule has 0 spiro atoms. The van der Waals surface area contributed by atoms with Crippen molar-refractivity contribution in [1.82, 2.24) is 0 Å². The van der Waals surface area contributed by atoms with Gasteiger partial charge in [0.1, 0.15) is 12.4 Å². The minimum atomic E-state index is -4.08. The Bertz CT molecular complexity index is 1270. The van der Waals surface area contributed by atoms with Gasteiger partial charge < -0.3 is 9.47 Å². The molecule has 0 aliphatic heterocycles. The lowest BCUT2D eigenvalue weighted by atomic mass is 9.97. The number of esters is 1. The average Bonchev–Trinajstić information content (AvgIpc) is 2.85. The molecule has 3 aromatic rings. The number of ether oxygens (including phenoxy) is 2. The van der Waals surface area contributed by atoms with E-state index in [0.717, 1.165) is 16.7 Å². The van der Waals surface area contributed by atoms with Gasteiger partial charge in [-0.1, -0.05) is 60.5 Å². The van der Waals surface area contributed by atoms with Crippen LogP contribution < -0.4 is 4.74 Å². The second kappa shape index (κ2) is 11.0. The Morgan fingerprint density at radius 2 is 1.53 bits per heavy atom. The maximum atomic E-state index is 13.7. The van der Waals surface area contributed by atoms with Gasteiger partial charge in [-0.3, -0.25) is 4.79 Å². The molecular formula is C28H28O5S. The summed E-state index contributed by atoms with van der Waals surface area (Å²) in [5.41, 5.74) is 2.78. The molecule has 0 aliphatic rings. The van der Waals surface area contributed by atoms with Crippen molar-refractivity contribution >= 4 is 15.8 Å². The summed E-state index contributed by atoms with van der Waals surface area (Å²) in [6.45, 7) is 5.09. The second-order valence-electron chi connectivity index (χ2n) is 7.88. The van der Waals surface area contributed by atoms with Crippen molar-refractivity contribution in [2.75, 3.05) is 13.2 Å². The molecule has 0 heterocycles. The summed E-state index contributed by atoms with van der Waals surface area (Å²) in [7, 11) is -4.08. The molecule has 3 rings (SSSR count). The highest BCUT2D eigenvalue weighted by Gasteiger charge is 2.48. The molecule has 0 aliphatic carbocycles. The van der Waals surface area contributed by atoms with Crippen molar-refractivity contribution in [1.29, 1.82) is 0 Å². The van der Waals surface area contributed by atoms with E-state index in [-0.39, 0.29) is 24.5 Å². The van der Waals surface area contributed by atoms with E-state index in [1.165, 1.54) is 19.1 Å². The molecule has 6 heteroatoms. The first-order valence-corrected chi connectivity index (χ1v) is 12.5. The summed E-state index contributed by atoms with van der Waals surface area (Å²) in [4.78, 5) is 13.0. The first kappa shape index (κ1) is 25.1. The van der Waals surface area contributed by atoms with Gasteiger partial charge in [-0.15, -0.1) is 5.92 Å². The van der Waals surface area contributed by atoms with Crippen LogP contribution >= 0.6 is 0 Å². The highest BCUT2D eigenvalue weighted by molar-refractivity contribution is 7.93. The van der Waals surface area contributed by atoms with Gasteiger partial charge in [0.2, 0.25) is 0 Å². The molecular weight excluding hydrogens is 448 g/mol. The SMILES string of the molecule is CC#CCOc1ccc(S(=O)(=O)C(C)(Cc2ccc(-c3ccccc3)cc2)C(=O)OCC)cc1. The molecule has 176 valence electrons. The van der Waals surface area contributed by atoms with E-state index in [4.69, 9.17) is 9.47 Å². The number of rotatable bonds is 9. The van der Waals surface area contributed by atoms with E-state index in [0.29, 0.717) is 5.75 Å². The predicted octanol–water partition coefficient (Wildman–Crippen LogP) is 5.09. The Balaban J connectivity index is 1.91. The third kappa shape index (κ3) is 5.49. The van der Waals surface area contributed by atoms with E-state index in [1.807, 2.05) is 54.6 Å². The van der Waals surface area contributed by atoms with Crippen LogP contribution in [0.4, 0.5) is 0 Å². The van der Waals surface area contributed by atoms with Crippen LogP contribution in [0.2, 0.25) is 0 Å².